The largest absolute Gasteiger partial charge is 0.378 e. The Morgan fingerprint density at radius 1 is 1.11 bits per heavy atom. The summed E-state index contributed by atoms with van der Waals surface area (Å²) in [7, 11) is 3.77. The zero-order valence-electron chi connectivity index (χ0n) is 20.3. The molecule has 1 aliphatic rings. The molecule has 4 heterocycles. The predicted molar refractivity (Wildman–Crippen MR) is 133 cm³/mol. The average molecular weight is 490 g/mol. The van der Waals surface area contributed by atoms with Crippen LogP contribution in [0.5, 0.6) is 0 Å². The predicted octanol–water partition coefficient (Wildman–Crippen LogP) is 1.72. The smallest absolute Gasteiger partial charge is 0.277 e. The van der Waals surface area contributed by atoms with E-state index in [0.29, 0.717) is 31.5 Å². The minimum absolute atomic E-state index is 0.159. The molecule has 1 fully saturated rings. The number of amides is 1. The van der Waals surface area contributed by atoms with Crippen molar-refractivity contribution in [2.45, 2.75) is 13.5 Å². The number of ether oxygens (including phenoxy) is 1. The van der Waals surface area contributed by atoms with E-state index in [9.17, 15) is 4.79 Å². The molecule has 0 radical (unpaired) electrons. The van der Waals surface area contributed by atoms with E-state index in [2.05, 4.69) is 33.9 Å². The third-order valence-corrected chi connectivity index (χ3v) is 6.14. The molecule has 12 nitrogen and oxygen atoms in total. The Hall–Kier alpha value is -4.16. The molecule has 3 aromatic heterocycles. The Morgan fingerprint density at radius 2 is 1.81 bits per heavy atom. The van der Waals surface area contributed by atoms with Crippen LogP contribution >= 0.6 is 0 Å². The molecular weight excluding hydrogens is 462 g/mol. The highest BCUT2D eigenvalue weighted by molar-refractivity contribution is 5.92. The van der Waals surface area contributed by atoms with Gasteiger partial charge in [0.25, 0.3) is 5.91 Å². The number of morpholine rings is 1. The van der Waals surface area contributed by atoms with Crippen LogP contribution in [0.2, 0.25) is 0 Å². The quantitative estimate of drug-likeness (QED) is 0.304. The van der Waals surface area contributed by atoms with Crippen molar-refractivity contribution < 1.29 is 14.7 Å². The molecule has 0 saturated carbocycles. The first-order chi connectivity index (χ1) is 17.4. The molecule has 186 valence electrons. The number of benzene rings is 1. The Bertz CT molecular complexity index is 1380. The number of nitrogens with zero attached hydrogens (tertiary/aromatic N) is 8. The maximum atomic E-state index is 11.5. The number of aryl methyl sites for hydroxylation is 2. The summed E-state index contributed by atoms with van der Waals surface area (Å²) in [6.07, 6.45) is 2.71. The van der Waals surface area contributed by atoms with Crippen molar-refractivity contribution >= 4 is 28.8 Å². The molecule has 2 N–H and O–H groups in total. The average Bonchev–Trinajstić information content (AvgIpc) is 3.23. The summed E-state index contributed by atoms with van der Waals surface area (Å²) in [4.78, 5) is 38.8. The van der Waals surface area contributed by atoms with Gasteiger partial charge in [0.2, 0.25) is 5.95 Å². The molecule has 1 saturated heterocycles. The highest BCUT2D eigenvalue weighted by Gasteiger charge is 2.23. The molecule has 36 heavy (non-hydrogen) atoms. The molecule has 1 aromatic carbocycles. The number of hydrogen-bond acceptors (Lipinski definition) is 10. The Labute approximate surface area is 207 Å². The number of carbonyl (C=O) groups excluding carboxylic acids is 1. The number of aromatic nitrogens is 6. The highest BCUT2D eigenvalue weighted by Crippen LogP contribution is 2.29. The lowest BCUT2D eigenvalue weighted by atomic mass is 10.1. The summed E-state index contributed by atoms with van der Waals surface area (Å²) in [6.45, 7) is 5.18. The van der Waals surface area contributed by atoms with Gasteiger partial charge in [-0.3, -0.25) is 10.0 Å². The molecule has 1 amide bonds. The van der Waals surface area contributed by atoms with E-state index < -0.39 is 5.91 Å². The van der Waals surface area contributed by atoms with Crippen molar-refractivity contribution in [2.75, 3.05) is 43.2 Å². The monoisotopic (exact) mass is 489 g/mol. The molecule has 0 atom stereocenters. The summed E-state index contributed by atoms with van der Waals surface area (Å²) in [5.74, 6) is 1.94. The third-order valence-electron chi connectivity index (χ3n) is 6.14. The first kappa shape index (κ1) is 23.6. The minimum atomic E-state index is -0.668. The van der Waals surface area contributed by atoms with Gasteiger partial charge in [0, 0.05) is 45.1 Å². The molecule has 4 aromatic rings. The third kappa shape index (κ3) is 4.55. The molecule has 5 rings (SSSR count). The van der Waals surface area contributed by atoms with Crippen LogP contribution in [0.1, 0.15) is 21.7 Å². The summed E-state index contributed by atoms with van der Waals surface area (Å²) in [6, 6.07) is 8.16. The van der Waals surface area contributed by atoms with Gasteiger partial charge < -0.3 is 19.1 Å². The van der Waals surface area contributed by atoms with Gasteiger partial charge in [-0.1, -0.05) is 29.8 Å². The lowest BCUT2D eigenvalue weighted by molar-refractivity contribution is 0.0705. The molecule has 0 unspecified atom stereocenters. The molecule has 12 heteroatoms. The van der Waals surface area contributed by atoms with Gasteiger partial charge in [0.05, 0.1) is 25.3 Å². The molecule has 1 aliphatic heterocycles. The molecule has 0 aliphatic carbocycles. The second-order valence-electron chi connectivity index (χ2n) is 8.66. The van der Waals surface area contributed by atoms with Crippen molar-refractivity contribution in [2.24, 2.45) is 7.05 Å². The number of nitrogens with one attached hydrogen (secondary N) is 1. The van der Waals surface area contributed by atoms with Crippen LogP contribution in [0, 0.1) is 6.92 Å². The van der Waals surface area contributed by atoms with Gasteiger partial charge in [0.15, 0.2) is 22.8 Å². The van der Waals surface area contributed by atoms with E-state index >= 15 is 0 Å². The van der Waals surface area contributed by atoms with E-state index in [1.807, 2.05) is 35.7 Å². The zero-order valence-corrected chi connectivity index (χ0v) is 20.3. The van der Waals surface area contributed by atoms with Gasteiger partial charge in [-0.25, -0.2) is 30.4 Å². The van der Waals surface area contributed by atoms with Crippen molar-refractivity contribution in [3.63, 3.8) is 0 Å². The van der Waals surface area contributed by atoms with Crippen LogP contribution in [-0.4, -0.2) is 74.0 Å². The van der Waals surface area contributed by atoms with Crippen molar-refractivity contribution in [3.8, 4) is 11.4 Å². The summed E-state index contributed by atoms with van der Waals surface area (Å²) in [5, 5.41) is 8.78. The van der Waals surface area contributed by atoms with Crippen LogP contribution in [0.3, 0.4) is 0 Å². The van der Waals surface area contributed by atoms with Crippen LogP contribution < -0.4 is 15.3 Å². The Morgan fingerprint density at radius 3 is 2.47 bits per heavy atom. The molecular formula is C24H27N9O3. The number of rotatable bonds is 6. The van der Waals surface area contributed by atoms with Crippen LogP contribution in [-0.2, 0) is 18.3 Å². The first-order valence-electron chi connectivity index (χ1n) is 11.6. The lowest BCUT2D eigenvalue weighted by Gasteiger charge is -2.28. The second-order valence-corrected chi connectivity index (χ2v) is 8.66. The van der Waals surface area contributed by atoms with Crippen molar-refractivity contribution in [1.29, 1.82) is 0 Å². The number of hydroxylamine groups is 1. The topological polar surface area (TPSA) is 134 Å². The first-order valence-corrected chi connectivity index (χ1v) is 11.6. The van der Waals surface area contributed by atoms with E-state index in [1.165, 1.54) is 18.0 Å². The number of anilines is 2. The number of carbonyl (C=O) groups is 1. The Balaban J connectivity index is 1.52. The van der Waals surface area contributed by atoms with Gasteiger partial charge >= 0.3 is 0 Å². The Kier molecular flexibility index (Phi) is 6.44. The number of imidazole rings is 1. The van der Waals surface area contributed by atoms with E-state index in [-0.39, 0.29) is 5.56 Å². The molecule has 0 bridgehead atoms. The lowest BCUT2D eigenvalue weighted by Crippen LogP contribution is -2.37. The standard InChI is InChI=1S/C24H27N9O3/c1-15-4-6-16(7-5-15)20-28-21-19(22(29-20)33-8-10-36-11-9-33)27-18(32(21)3)14-31(2)24-25-12-17(13-26-24)23(34)30-35/h4-7,12-13,35H,8-11,14H2,1-3H3,(H,30,34). The van der Waals surface area contributed by atoms with Gasteiger partial charge in [-0.2, -0.15) is 0 Å². The van der Waals surface area contributed by atoms with E-state index in [0.717, 1.165) is 41.5 Å². The second kappa shape index (κ2) is 9.84. The van der Waals surface area contributed by atoms with Gasteiger partial charge in [-0.15, -0.1) is 0 Å². The summed E-state index contributed by atoms with van der Waals surface area (Å²) in [5.41, 5.74) is 5.31. The van der Waals surface area contributed by atoms with Crippen LogP contribution in [0.4, 0.5) is 11.8 Å². The van der Waals surface area contributed by atoms with Crippen molar-refractivity contribution in [3.05, 3.63) is 53.6 Å². The van der Waals surface area contributed by atoms with E-state index in [4.69, 9.17) is 24.9 Å². The normalized spacial score (nSPS) is 13.7. The highest BCUT2D eigenvalue weighted by atomic mass is 16.5. The SMILES string of the molecule is Cc1ccc(-c2nc(N3CCOCC3)c3nc(CN(C)c4ncc(C(=O)NO)cn4)n(C)c3n2)cc1. The van der Waals surface area contributed by atoms with Crippen LogP contribution in [0.25, 0.3) is 22.6 Å². The fourth-order valence-corrected chi connectivity index (χ4v) is 4.04. The minimum Gasteiger partial charge on any atom is -0.378 e. The maximum Gasteiger partial charge on any atom is 0.277 e. The fourth-order valence-electron chi connectivity index (χ4n) is 4.04. The molecule has 0 spiro atoms. The number of hydrogen-bond donors (Lipinski definition) is 2. The van der Waals surface area contributed by atoms with Gasteiger partial charge in [0.1, 0.15) is 5.82 Å². The maximum absolute atomic E-state index is 11.5. The van der Waals surface area contributed by atoms with E-state index in [1.54, 1.807) is 5.48 Å². The summed E-state index contributed by atoms with van der Waals surface area (Å²) >= 11 is 0. The summed E-state index contributed by atoms with van der Waals surface area (Å²) < 4.78 is 7.51. The van der Waals surface area contributed by atoms with Crippen LogP contribution in [0.15, 0.2) is 36.7 Å². The van der Waals surface area contributed by atoms with Gasteiger partial charge in [-0.05, 0) is 6.92 Å². The number of fused-ring (bicyclic) bond motifs is 1. The zero-order chi connectivity index (χ0) is 25.2. The van der Waals surface area contributed by atoms with Crippen molar-refractivity contribution in [1.82, 2.24) is 35.0 Å². The fraction of sp³-hybridized carbons (Fsp3) is 0.333.